The van der Waals surface area contributed by atoms with Gasteiger partial charge in [-0.1, -0.05) is 13.8 Å². The Labute approximate surface area is 144 Å². The van der Waals surface area contributed by atoms with E-state index in [2.05, 4.69) is 10.6 Å². The molecule has 2 atom stereocenters. The van der Waals surface area contributed by atoms with E-state index in [1.165, 1.54) is 0 Å². The van der Waals surface area contributed by atoms with Crippen LogP contribution in [0.3, 0.4) is 0 Å². The van der Waals surface area contributed by atoms with Gasteiger partial charge in [0.25, 0.3) is 0 Å². The van der Waals surface area contributed by atoms with Crippen molar-refractivity contribution in [1.82, 2.24) is 20.4 Å². The van der Waals surface area contributed by atoms with Crippen LogP contribution < -0.4 is 10.6 Å². The molecule has 2 aliphatic heterocycles. The lowest BCUT2D eigenvalue weighted by molar-refractivity contribution is -0.133. The highest BCUT2D eigenvalue weighted by Gasteiger charge is 2.43. The van der Waals surface area contributed by atoms with Gasteiger partial charge in [0.05, 0.1) is 13.3 Å². The fourth-order valence-corrected chi connectivity index (χ4v) is 3.97. The molecular weight excluding hydrogens is 308 g/mol. The number of hydrogen-bond acceptors (Lipinski definition) is 3. The maximum Gasteiger partial charge on any atom is 0.317 e. The minimum Gasteiger partial charge on any atom is -0.320 e. The number of nitrogens with one attached hydrogen (secondary N) is 2. The lowest BCUT2D eigenvalue weighted by Gasteiger charge is -2.33. The Hall–Kier alpha value is -1.79. The van der Waals surface area contributed by atoms with Gasteiger partial charge in [0, 0.05) is 22.9 Å². The van der Waals surface area contributed by atoms with Gasteiger partial charge in [-0.15, -0.1) is 0 Å². The monoisotopic (exact) mass is 338 g/mol. The Balaban J connectivity index is 1.84. The Kier molecular flexibility index (Phi) is 4.84. The van der Waals surface area contributed by atoms with E-state index in [9.17, 15) is 14.4 Å². The first-order chi connectivity index (χ1) is 11.0. The van der Waals surface area contributed by atoms with Crippen LogP contribution in [-0.4, -0.2) is 52.1 Å². The molecule has 0 aliphatic carbocycles. The number of nitrogens with zero attached hydrogens (tertiary/aromatic N) is 2. The second kappa shape index (κ2) is 6.26. The zero-order valence-electron chi connectivity index (χ0n) is 15.6. The lowest BCUT2D eigenvalue weighted by Crippen LogP contribution is -2.53. The summed E-state index contributed by atoms with van der Waals surface area (Å²) in [5.41, 5.74) is -0.516. The van der Waals surface area contributed by atoms with Crippen molar-refractivity contribution in [3.8, 4) is 0 Å². The average molecular weight is 338 g/mol. The summed E-state index contributed by atoms with van der Waals surface area (Å²) in [7, 11) is 0. The van der Waals surface area contributed by atoms with Gasteiger partial charge >= 0.3 is 6.03 Å². The van der Waals surface area contributed by atoms with Gasteiger partial charge in [0.2, 0.25) is 11.8 Å². The van der Waals surface area contributed by atoms with Crippen LogP contribution in [0.25, 0.3) is 0 Å². The summed E-state index contributed by atoms with van der Waals surface area (Å²) < 4.78 is 0. The summed E-state index contributed by atoms with van der Waals surface area (Å²) >= 11 is 0. The van der Waals surface area contributed by atoms with E-state index in [1.54, 1.807) is 9.80 Å². The van der Waals surface area contributed by atoms with Crippen molar-refractivity contribution in [2.75, 3.05) is 13.3 Å². The molecule has 0 aromatic rings. The first-order valence-corrected chi connectivity index (χ1v) is 8.60. The van der Waals surface area contributed by atoms with Crippen molar-refractivity contribution in [2.45, 2.75) is 65.5 Å². The predicted molar refractivity (Wildman–Crippen MR) is 90.8 cm³/mol. The van der Waals surface area contributed by atoms with Crippen LogP contribution in [0.4, 0.5) is 4.79 Å². The molecule has 2 rings (SSSR count). The molecule has 0 radical (unpaired) electrons. The number of urea groups is 1. The molecule has 2 aliphatic rings. The van der Waals surface area contributed by atoms with Gasteiger partial charge in [-0.2, -0.15) is 0 Å². The number of hydrogen-bond donors (Lipinski definition) is 2. The predicted octanol–water partition coefficient (Wildman–Crippen LogP) is 1.49. The maximum atomic E-state index is 12.2. The van der Waals surface area contributed by atoms with Crippen LogP contribution in [0.15, 0.2) is 0 Å². The van der Waals surface area contributed by atoms with E-state index in [4.69, 9.17) is 0 Å². The normalized spacial score (nSPS) is 28.4. The quantitative estimate of drug-likeness (QED) is 0.815. The van der Waals surface area contributed by atoms with E-state index in [0.717, 1.165) is 12.8 Å². The highest BCUT2D eigenvalue weighted by molar-refractivity contribution is 5.83. The molecule has 0 saturated carbocycles. The molecular formula is C17H30N4O3. The summed E-state index contributed by atoms with van der Waals surface area (Å²) in [4.78, 5) is 39.8. The van der Waals surface area contributed by atoms with Gasteiger partial charge in [-0.25, -0.2) is 4.79 Å². The Morgan fingerprint density at radius 1 is 0.917 bits per heavy atom. The fraction of sp³-hybridized carbons (Fsp3) is 0.824. The van der Waals surface area contributed by atoms with E-state index in [0.29, 0.717) is 0 Å². The van der Waals surface area contributed by atoms with Crippen molar-refractivity contribution in [3.63, 3.8) is 0 Å². The zero-order chi connectivity index (χ0) is 18.3. The molecule has 0 aromatic heterocycles. The summed E-state index contributed by atoms with van der Waals surface area (Å²) in [6, 6.07) is -0.374. The van der Waals surface area contributed by atoms with Crippen LogP contribution in [0.1, 0.15) is 54.4 Å². The summed E-state index contributed by atoms with van der Waals surface area (Å²) in [6.45, 7) is 12.2. The molecule has 2 unspecified atom stereocenters. The third-order valence-electron chi connectivity index (χ3n) is 5.24. The van der Waals surface area contributed by atoms with Crippen molar-refractivity contribution < 1.29 is 14.4 Å². The van der Waals surface area contributed by atoms with Crippen molar-refractivity contribution in [2.24, 2.45) is 11.8 Å². The van der Waals surface area contributed by atoms with Gasteiger partial charge in [0.1, 0.15) is 0 Å². The SMILES string of the molecule is CC1CC(C)(C)N(CNC(=O)NCN2C(=O)C(C)CC2(C)C)C1=O. The average Bonchev–Trinajstić information content (AvgIpc) is 2.76. The van der Waals surface area contributed by atoms with Gasteiger partial charge in [-0.3, -0.25) is 9.59 Å². The molecule has 0 bridgehead atoms. The van der Waals surface area contributed by atoms with E-state index >= 15 is 0 Å². The number of likely N-dealkylation sites (tertiary alicyclic amines) is 2. The Bertz CT molecular complexity index is 498. The third-order valence-corrected chi connectivity index (χ3v) is 5.24. The molecule has 7 nitrogen and oxygen atoms in total. The topological polar surface area (TPSA) is 81.8 Å². The first-order valence-electron chi connectivity index (χ1n) is 8.60. The lowest BCUT2D eigenvalue weighted by atomic mass is 9.98. The Morgan fingerprint density at radius 2 is 1.25 bits per heavy atom. The van der Waals surface area contributed by atoms with E-state index in [1.807, 2.05) is 41.5 Å². The fourth-order valence-electron chi connectivity index (χ4n) is 3.97. The molecule has 4 amide bonds. The number of rotatable bonds is 4. The minimum absolute atomic E-state index is 0.0191. The molecule has 0 aromatic carbocycles. The zero-order valence-corrected chi connectivity index (χ0v) is 15.6. The molecule has 7 heteroatoms. The largest absolute Gasteiger partial charge is 0.320 e. The van der Waals surface area contributed by atoms with Gasteiger partial charge < -0.3 is 20.4 Å². The molecule has 2 saturated heterocycles. The van der Waals surface area contributed by atoms with Crippen molar-refractivity contribution >= 4 is 17.8 Å². The third kappa shape index (κ3) is 3.49. The standard InChI is InChI=1S/C17H30N4O3/c1-11-7-16(3,4)20(13(11)22)9-18-15(24)19-10-21-14(23)12(2)8-17(21,5)6/h11-12H,7-10H2,1-6H3,(H2,18,19,24). The number of amides is 4. The number of carbonyl (C=O) groups is 3. The highest BCUT2D eigenvalue weighted by atomic mass is 16.2. The van der Waals surface area contributed by atoms with Gasteiger partial charge in [0.15, 0.2) is 0 Å². The smallest absolute Gasteiger partial charge is 0.317 e. The molecule has 24 heavy (non-hydrogen) atoms. The summed E-state index contributed by atoms with van der Waals surface area (Å²) in [5, 5.41) is 5.45. The molecule has 2 fully saturated rings. The van der Waals surface area contributed by atoms with Gasteiger partial charge in [-0.05, 0) is 40.5 Å². The van der Waals surface area contributed by atoms with Crippen LogP contribution in [0.2, 0.25) is 0 Å². The minimum atomic E-state index is -0.374. The van der Waals surface area contributed by atoms with Crippen LogP contribution in [0.5, 0.6) is 0 Å². The molecule has 136 valence electrons. The second-order valence-corrected chi connectivity index (χ2v) is 8.37. The van der Waals surface area contributed by atoms with E-state index < -0.39 is 0 Å². The van der Waals surface area contributed by atoms with E-state index in [-0.39, 0.29) is 54.1 Å². The molecule has 2 heterocycles. The summed E-state index contributed by atoms with van der Waals surface area (Å²) in [6.07, 6.45) is 1.56. The maximum absolute atomic E-state index is 12.2. The second-order valence-electron chi connectivity index (χ2n) is 8.37. The van der Waals surface area contributed by atoms with Crippen LogP contribution in [0, 0.1) is 11.8 Å². The first kappa shape index (κ1) is 18.5. The Morgan fingerprint density at radius 3 is 1.50 bits per heavy atom. The summed E-state index contributed by atoms with van der Waals surface area (Å²) in [5.74, 6) is 0.0821. The molecule has 0 spiro atoms. The van der Waals surface area contributed by atoms with Crippen molar-refractivity contribution in [1.29, 1.82) is 0 Å². The van der Waals surface area contributed by atoms with Crippen LogP contribution in [-0.2, 0) is 9.59 Å². The molecule has 2 N–H and O–H groups in total. The van der Waals surface area contributed by atoms with Crippen molar-refractivity contribution in [3.05, 3.63) is 0 Å². The highest BCUT2D eigenvalue weighted by Crippen LogP contribution is 2.33. The number of carbonyl (C=O) groups excluding carboxylic acids is 3. The van der Waals surface area contributed by atoms with Crippen LogP contribution >= 0.6 is 0 Å².